The lowest BCUT2D eigenvalue weighted by molar-refractivity contribution is -0.161. The average molecular weight is 339 g/mol. The van der Waals surface area contributed by atoms with Crippen molar-refractivity contribution in [2.45, 2.75) is 25.5 Å². The minimum Gasteiger partial charge on any atom is -0.463 e. The summed E-state index contributed by atoms with van der Waals surface area (Å²) in [6.45, 7) is 1.53. The van der Waals surface area contributed by atoms with Crippen LogP contribution >= 0.6 is 0 Å². The van der Waals surface area contributed by atoms with Crippen molar-refractivity contribution < 1.29 is 27.5 Å². The summed E-state index contributed by atoms with van der Waals surface area (Å²) in [5.41, 5.74) is 0.710. The Hall–Kier alpha value is -2.19. The molecule has 0 bridgehead atoms. The third-order valence-electron chi connectivity index (χ3n) is 3.08. The van der Waals surface area contributed by atoms with Gasteiger partial charge in [-0.25, -0.2) is 13.2 Å². The van der Waals surface area contributed by atoms with E-state index in [-0.39, 0.29) is 13.0 Å². The lowest BCUT2D eigenvalue weighted by atomic mass is 10.2. The maximum Gasteiger partial charge on any atom is 0.347 e. The summed E-state index contributed by atoms with van der Waals surface area (Å²) in [5, 5.41) is 0.968. The zero-order valence-electron chi connectivity index (χ0n) is 12.5. The van der Waals surface area contributed by atoms with Gasteiger partial charge in [0.05, 0.1) is 6.61 Å². The van der Waals surface area contributed by atoms with Crippen LogP contribution in [-0.4, -0.2) is 39.1 Å². The molecule has 2 unspecified atom stereocenters. The molecule has 1 heterocycles. The van der Waals surface area contributed by atoms with Crippen LogP contribution in [0, 0.1) is 0 Å². The van der Waals surface area contributed by atoms with Crippen molar-refractivity contribution in [2.75, 3.05) is 6.61 Å². The lowest BCUT2D eigenvalue weighted by Gasteiger charge is -2.14. The number of carbonyl (C=O) groups is 2. The number of sulfonamides is 1. The Bertz CT molecular complexity index is 698. The predicted octanol–water partition coefficient (Wildman–Crippen LogP) is 0.824. The Morgan fingerprint density at radius 2 is 2.09 bits per heavy atom. The van der Waals surface area contributed by atoms with Gasteiger partial charge in [-0.05, 0) is 18.6 Å². The van der Waals surface area contributed by atoms with E-state index < -0.39 is 34.1 Å². The number of carbonyl (C=O) groups excluding carboxylic acids is 2. The van der Waals surface area contributed by atoms with Crippen molar-refractivity contribution in [1.29, 1.82) is 0 Å². The van der Waals surface area contributed by atoms with E-state index in [1.807, 2.05) is 6.07 Å². The molecule has 0 aliphatic carbocycles. The third-order valence-corrected chi connectivity index (χ3v) is 4.26. The quantitative estimate of drug-likeness (QED) is 0.771. The zero-order chi connectivity index (χ0) is 16.9. The van der Waals surface area contributed by atoms with Gasteiger partial charge in [-0.1, -0.05) is 30.3 Å². The highest BCUT2D eigenvalue weighted by Crippen LogP contribution is 2.11. The highest BCUT2D eigenvalue weighted by atomic mass is 32.2. The van der Waals surface area contributed by atoms with E-state index in [1.54, 1.807) is 24.3 Å². The van der Waals surface area contributed by atoms with E-state index in [0.717, 1.165) is 5.41 Å². The molecule has 0 radical (unpaired) electrons. The molecule has 124 valence electrons. The summed E-state index contributed by atoms with van der Waals surface area (Å²) in [6.07, 6.45) is 0.724. The monoisotopic (exact) mass is 339 g/mol. The van der Waals surface area contributed by atoms with Gasteiger partial charge < -0.3 is 9.47 Å². The Kier molecular flexibility index (Phi) is 5.51. The van der Waals surface area contributed by atoms with Crippen molar-refractivity contribution in [2.24, 2.45) is 0 Å². The highest BCUT2D eigenvalue weighted by Gasteiger charge is 2.32. The van der Waals surface area contributed by atoms with E-state index >= 15 is 0 Å². The van der Waals surface area contributed by atoms with Crippen LogP contribution < -0.4 is 4.72 Å². The molecule has 1 aliphatic heterocycles. The average Bonchev–Trinajstić information content (AvgIpc) is 2.91. The molecule has 0 saturated carbocycles. The van der Waals surface area contributed by atoms with Crippen molar-refractivity contribution in [3.05, 3.63) is 41.3 Å². The zero-order valence-corrected chi connectivity index (χ0v) is 13.3. The van der Waals surface area contributed by atoms with Gasteiger partial charge in [0.2, 0.25) is 16.1 Å². The largest absolute Gasteiger partial charge is 0.463 e. The molecular formula is C15H17NO6S. The summed E-state index contributed by atoms with van der Waals surface area (Å²) in [7, 11) is -3.82. The van der Waals surface area contributed by atoms with E-state index in [4.69, 9.17) is 4.74 Å². The first-order valence-corrected chi connectivity index (χ1v) is 8.54. The molecule has 1 aromatic carbocycles. The summed E-state index contributed by atoms with van der Waals surface area (Å²) in [6, 6.07) is 7.75. The van der Waals surface area contributed by atoms with Crippen molar-refractivity contribution >= 4 is 28.0 Å². The normalized spacial score (nSPS) is 19.5. The van der Waals surface area contributed by atoms with Crippen LogP contribution in [-0.2, 0) is 29.1 Å². The van der Waals surface area contributed by atoms with Crippen LogP contribution in [0.1, 0.15) is 18.9 Å². The molecule has 8 heteroatoms. The van der Waals surface area contributed by atoms with Crippen molar-refractivity contribution in [1.82, 2.24) is 4.72 Å². The molecule has 7 nitrogen and oxygen atoms in total. The van der Waals surface area contributed by atoms with Gasteiger partial charge in [0.15, 0.2) is 0 Å². The van der Waals surface area contributed by atoms with Gasteiger partial charge in [-0.15, -0.1) is 0 Å². The standard InChI is InChI=1S/C15H17NO6S/c1-11(14(17)22-13-7-9-21-15(13)18)16-23(19,20)10-8-12-5-3-2-4-6-12/h2-6,8,10-11,13,16H,7,9H2,1H3/b10-8+. The molecular weight excluding hydrogens is 322 g/mol. The first kappa shape index (κ1) is 17.2. The lowest BCUT2D eigenvalue weighted by Crippen LogP contribution is -2.40. The van der Waals surface area contributed by atoms with Crippen LogP contribution in [0.3, 0.4) is 0 Å². The third kappa shape index (κ3) is 5.19. The molecule has 1 fully saturated rings. The molecule has 1 N–H and O–H groups in total. The van der Waals surface area contributed by atoms with Gasteiger partial charge in [0.25, 0.3) is 0 Å². The van der Waals surface area contributed by atoms with Crippen molar-refractivity contribution in [3.63, 3.8) is 0 Å². The van der Waals surface area contributed by atoms with Crippen LogP contribution in [0.2, 0.25) is 0 Å². The number of esters is 2. The number of benzene rings is 1. The minimum atomic E-state index is -3.82. The van der Waals surface area contributed by atoms with Crippen LogP contribution in [0.15, 0.2) is 35.7 Å². The molecule has 1 saturated heterocycles. The van der Waals surface area contributed by atoms with Crippen molar-refractivity contribution in [3.8, 4) is 0 Å². The minimum absolute atomic E-state index is 0.191. The summed E-state index contributed by atoms with van der Waals surface area (Å²) in [4.78, 5) is 23.0. The van der Waals surface area contributed by atoms with E-state index in [1.165, 1.54) is 13.0 Å². The van der Waals surface area contributed by atoms with E-state index in [0.29, 0.717) is 5.56 Å². The number of ether oxygens (including phenoxy) is 2. The first-order valence-electron chi connectivity index (χ1n) is 7.00. The molecule has 23 heavy (non-hydrogen) atoms. The molecule has 0 aromatic heterocycles. The maximum absolute atomic E-state index is 11.9. The Balaban J connectivity index is 1.92. The van der Waals surface area contributed by atoms with Gasteiger partial charge in [0, 0.05) is 11.8 Å². The maximum atomic E-state index is 11.9. The van der Waals surface area contributed by atoms with Gasteiger partial charge in [-0.3, -0.25) is 4.79 Å². The number of rotatable bonds is 6. The fourth-order valence-corrected chi connectivity index (χ4v) is 2.90. The second-order valence-electron chi connectivity index (χ2n) is 4.98. The number of hydrogen-bond donors (Lipinski definition) is 1. The molecule has 1 aliphatic rings. The smallest absolute Gasteiger partial charge is 0.347 e. The molecule has 0 amide bonds. The summed E-state index contributed by atoms with van der Waals surface area (Å²) in [5.74, 6) is -1.44. The fourth-order valence-electron chi connectivity index (χ4n) is 1.89. The first-order chi connectivity index (χ1) is 10.9. The van der Waals surface area contributed by atoms with Gasteiger partial charge in [0.1, 0.15) is 6.04 Å². The SMILES string of the molecule is CC(NS(=O)(=O)/C=C/c1ccccc1)C(=O)OC1CCOC1=O. The van der Waals surface area contributed by atoms with Gasteiger partial charge >= 0.3 is 11.9 Å². The van der Waals surface area contributed by atoms with Crippen LogP contribution in [0.4, 0.5) is 0 Å². The second kappa shape index (κ2) is 7.38. The predicted molar refractivity (Wildman–Crippen MR) is 82.4 cm³/mol. The Morgan fingerprint density at radius 3 is 2.70 bits per heavy atom. The van der Waals surface area contributed by atoms with E-state index in [9.17, 15) is 18.0 Å². The molecule has 1 aromatic rings. The Labute approximate surface area is 134 Å². The summed E-state index contributed by atoms with van der Waals surface area (Å²) >= 11 is 0. The summed E-state index contributed by atoms with van der Waals surface area (Å²) < 4.78 is 35.6. The molecule has 2 rings (SSSR count). The van der Waals surface area contributed by atoms with Gasteiger partial charge in [-0.2, -0.15) is 4.72 Å². The number of cyclic esters (lactones) is 1. The van der Waals surface area contributed by atoms with Crippen LogP contribution in [0.5, 0.6) is 0 Å². The number of nitrogens with one attached hydrogen (secondary N) is 1. The fraction of sp³-hybridized carbons (Fsp3) is 0.333. The Morgan fingerprint density at radius 1 is 1.39 bits per heavy atom. The highest BCUT2D eigenvalue weighted by molar-refractivity contribution is 7.92. The van der Waals surface area contributed by atoms with E-state index in [2.05, 4.69) is 9.46 Å². The second-order valence-corrected chi connectivity index (χ2v) is 6.58. The molecule has 2 atom stereocenters. The molecule has 0 spiro atoms. The topological polar surface area (TPSA) is 98.8 Å². The number of hydrogen-bond acceptors (Lipinski definition) is 6. The van der Waals surface area contributed by atoms with Crippen LogP contribution in [0.25, 0.3) is 6.08 Å².